The van der Waals surface area contributed by atoms with Gasteiger partial charge in [-0.05, 0) is 58.5 Å². The molecule has 5 rings (SSSR count). The summed E-state index contributed by atoms with van der Waals surface area (Å²) in [6.45, 7) is 0.288. The minimum absolute atomic E-state index is 0.148. The van der Waals surface area contributed by atoms with Gasteiger partial charge in [0.15, 0.2) is 5.16 Å². The number of amides is 3. The second-order valence-electron chi connectivity index (χ2n) is 7.75. The summed E-state index contributed by atoms with van der Waals surface area (Å²) in [6, 6.07) is 21.3. The lowest BCUT2D eigenvalue weighted by atomic mass is 10.1. The molecule has 0 radical (unpaired) electrons. The van der Waals surface area contributed by atoms with Crippen LogP contribution < -0.4 is 11.0 Å². The lowest BCUT2D eigenvalue weighted by Gasteiger charge is -2.16. The van der Waals surface area contributed by atoms with Crippen LogP contribution in [0, 0.1) is 3.57 Å². The Morgan fingerprint density at radius 1 is 0.914 bits per heavy atom. The quantitative estimate of drug-likeness (QED) is 0.158. The number of benzene rings is 3. The van der Waals surface area contributed by atoms with E-state index in [2.05, 4.69) is 33.0 Å². The molecule has 2 heterocycles. The van der Waals surface area contributed by atoms with Gasteiger partial charge in [-0.15, -0.1) is 0 Å². The highest BCUT2D eigenvalue weighted by Crippen LogP contribution is 2.22. The number of hydrogen-bond acceptors (Lipinski definition) is 6. The average molecular weight is 596 g/mol. The number of hydrogen-bond donors (Lipinski definition) is 1. The highest BCUT2D eigenvalue weighted by atomic mass is 127. The Kier molecular flexibility index (Phi) is 6.39. The van der Waals surface area contributed by atoms with Crippen LogP contribution in [0.4, 0.5) is 0 Å². The maximum Gasteiger partial charge on any atom is 0.280 e. The van der Waals surface area contributed by atoms with Crippen LogP contribution >= 0.6 is 34.4 Å². The van der Waals surface area contributed by atoms with E-state index < -0.39 is 17.7 Å². The van der Waals surface area contributed by atoms with E-state index in [1.165, 1.54) is 4.57 Å². The van der Waals surface area contributed by atoms with Crippen LogP contribution in [-0.4, -0.2) is 38.0 Å². The Balaban J connectivity index is 1.39. The van der Waals surface area contributed by atoms with Crippen LogP contribution in [-0.2, 0) is 11.3 Å². The first-order valence-corrected chi connectivity index (χ1v) is 12.6. The van der Waals surface area contributed by atoms with Crippen molar-refractivity contribution in [2.75, 3.05) is 5.75 Å². The number of thioether (sulfide) groups is 1. The molecule has 174 valence electrons. The third kappa shape index (κ3) is 4.58. The molecule has 1 aliphatic heterocycles. The molecular formula is C25H17IN4O4S. The summed E-state index contributed by atoms with van der Waals surface area (Å²) in [4.78, 5) is 55.7. The molecule has 0 atom stereocenters. The van der Waals surface area contributed by atoms with Crippen molar-refractivity contribution in [1.82, 2.24) is 20.0 Å². The predicted octanol–water partition coefficient (Wildman–Crippen LogP) is 3.47. The Morgan fingerprint density at radius 2 is 1.57 bits per heavy atom. The first kappa shape index (κ1) is 23.2. The Bertz CT molecular complexity index is 1520. The second kappa shape index (κ2) is 9.62. The predicted molar refractivity (Wildman–Crippen MR) is 140 cm³/mol. The second-order valence-corrected chi connectivity index (χ2v) is 9.94. The van der Waals surface area contributed by atoms with E-state index in [1.807, 2.05) is 36.4 Å². The molecule has 35 heavy (non-hydrogen) atoms. The van der Waals surface area contributed by atoms with Crippen LogP contribution in [0.3, 0.4) is 0 Å². The van der Waals surface area contributed by atoms with Crippen LogP contribution in [0.5, 0.6) is 0 Å². The van der Waals surface area contributed by atoms with Crippen LogP contribution in [0.1, 0.15) is 26.3 Å². The van der Waals surface area contributed by atoms with Crippen molar-refractivity contribution in [1.29, 1.82) is 0 Å². The Hall–Kier alpha value is -3.51. The largest absolute Gasteiger partial charge is 0.283 e. The molecule has 0 bridgehead atoms. The van der Waals surface area contributed by atoms with Crippen LogP contribution in [0.2, 0.25) is 0 Å². The first-order chi connectivity index (χ1) is 16.9. The van der Waals surface area contributed by atoms with Gasteiger partial charge < -0.3 is 0 Å². The number of imide groups is 1. The van der Waals surface area contributed by atoms with Crippen molar-refractivity contribution in [3.8, 4) is 0 Å². The number of halogens is 1. The van der Waals surface area contributed by atoms with Crippen LogP contribution in [0.15, 0.2) is 82.7 Å². The van der Waals surface area contributed by atoms with Gasteiger partial charge in [-0.2, -0.15) is 5.01 Å². The number of rotatable bonds is 6. The minimum Gasteiger partial charge on any atom is -0.283 e. The van der Waals surface area contributed by atoms with E-state index in [0.717, 1.165) is 25.9 Å². The van der Waals surface area contributed by atoms with Crippen LogP contribution in [0.25, 0.3) is 10.9 Å². The van der Waals surface area contributed by atoms with Gasteiger partial charge in [-0.1, -0.05) is 54.2 Å². The molecule has 0 saturated carbocycles. The molecule has 1 aliphatic rings. The minimum atomic E-state index is -0.580. The topological polar surface area (TPSA) is 101 Å². The standard InChI is InChI=1S/C25H17IN4O4S/c26-16-10-11-20-19(12-16)22(32)29(13-15-6-2-1-3-7-15)25(27-20)35-14-21(31)28-30-23(33)17-8-4-5-9-18(17)24(30)34/h1-12H,13-14H2,(H,28,31). The van der Waals surface area contributed by atoms with Gasteiger partial charge in [0.2, 0.25) is 5.91 Å². The monoisotopic (exact) mass is 596 g/mol. The van der Waals surface area contributed by atoms with Gasteiger partial charge in [0.1, 0.15) is 0 Å². The van der Waals surface area contributed by atoms with Crippen molar-refractivity contribution in [3.05, 3.63) is 103 Å². The lowest BCUT2D eigenvalue weighted by molar-refractivity contribution is -0.121. The zero-order chi connectivity index (χ0) is 24.5. The van der Waals surface area contributed by atoms with E-state index in [4.69, 9.17) is 0 Å². The summed E-state index contributed by atoms with van der Waals surface area (Å²) in [5.74, 6) is -1.87. The molecule has 3 aromatic carbocycles. The summed E-state index contributed by atoms with van der Waals surface area (Å²) < 4.78 is 2.45. The molecule has 0 spiro atoms. The number of aromatic nitrogens is 2. The van der Waals surface area contributed by atoms with Crippen molar-refractivity contribution in [2.45, 2.75) is 11.7 Å². The molecule has 0 aliphatic carbocycles. The van der Waals surface area contributed by atoms with Gasteiger partial charge in [0.25, 0.3) is 17.4 Å². The number of nitrogens with zero attached hydrogens (tertiary/aromatic N) is 3. The molecule has 10 heteroatoms. The van der Waals surface area contributed by atoms with E-state index in [-0.39, 0.29) is 29.0 Å². The van der Waals surface area contributed by atoms with E-state index >= 15 is 0 Å². The molecule has 0 fully saturated rings. The number of carbonyl (C=O) groups is 3. The third-order valence-corrected chi connectivity index (χ3v) is 7.07. The number of nitrogens with one attached hydrogen (secondary N) is 1. The highest BCUT2D eigenvalue weighted by Gasteiger charge is 2.36. The van der Waals surface area contributed by atoms with Gasteiger partial charge in [0.05, 0.1) is 34.3 Å². The molecule has 0 unspecified atom stereocenters. The summed E-state index contributed by atoms with van der Waals surface area (Å²) in [5.41, 5.74) is 4.11. The summed E-state index contributed by atoms with van der Waals surface area (Å²) in [5, 5.41) is 1.58. The zero-order valence-corrected chi connectivity index (χ0v) is 21.1. The fourth-order valence-corrected chi connectivity index (χ4v) is 5.05. The SMILES string of the molecule is O=C(CSc1nc2ccc(I)cc2c(=O)n1Cc1ccccc1)NN1C(=O)c2ccccc2C1=O. The van der Waals surface area contributed by atoms with Gasteiger partial charge in [-0.25, -0.2) is 4.98 Å². The molecule has 0 saturated heterocycles. The Labute approximate surface area is 217 Å². The highest BCUT2D eigenvalue weighted by molar-refractivity contribution is 14.1. The summed E-state index contributed by atoms with van der Waals surface area (Å²) >= 11 is 3.21. The first-order valence-electron chi connectivity index (χ1n) is 10.6. The maximum absolute atomic E-state index is 13.3. The van der Waals surface area contributed by atoms with Gasteiger partial charge in [0, 0.05) is 3.57 Å². The van der Waals surface area contributed by atoms with Gasteiger partial charge >= 0.3 is 0 Å². The summed E-state index contributed by atoms with van der Waals surface area (Å²) in [7, 11) is 0. The number of fused-ring (bicyclic) bond motifs is 2. The zero-order valence-electron chi connectivity index (χ0n) is 18.1. The fourth-order valence-electron chi connectivity index (χ4n) is 3.77. The van der Waals surface area contributed by atoms with Crippen molar-refractivity contribution >= 4 is 63.0 Å². The maximum atomic E-state index is 13.3. The van der Waals surface area contributed by atoms with Gasteiger partial charge in [-0.3, -0.25) is 29.2 Å². The fraction of sp³-hybridized carbons (Fsp3) is 0.0800. The molecule has 8 nitrogen and oxygen atoms in total. The molecule has 1 N–H and O–H groups in total. The smallest absolute Gasteiger partial charge is 0.280 e. The number of hydrazine groups is 1. The number of carbonyl (C=O) groups excluding carboxylic acids is 3. The molecule has 3 amide bonds. The molecule has 4 aromatic rings. The van der Waals surface area contributed by atoms with E-state index in [0.29, 0.717) is 16.1 Å². The lowest BCUT2D eigenvalue weighted by Crippen LogP contribution is -2.46. The van der Waals surface area contributed by atoms with Crippen molar-refractivity contribution < 1.29 is 14.4 Å². The van der Waals surface area contributed by atoms with E-state index in [1.54, 1.807) is 36.4 Å². The molecular weight excluding hydrogens is 579 g/mol. The molecule has 1 aromatic heterocycles. The Morgan fingerprint density at radius 3 is 2.26 bits per heavy atom. The van der Waals surface area contributed by atoms with E-state index in [9.17, 15) is 19.2 Å². The van der Waals surface area contributed by atoms with Crippen molar-refractivity contribution in [3.63, 3.8) is 0 Å². The third-order valence-electron chi connectivity index (χ3n) is 5.43. The summed E-state index contributed by atoms with van der Waals surface area (Å²) in [6.07, 6.45) is 0. The van der Waals surface area contributed by atoms with Crippen molar-refractivity contribution in [2.24, 2.45) is 0 Å². The average Bonchev–Trinajstić information content (AvgIpc) is 3.10. The normalized spacial score (nSPS) is 12.8.